The standard InChI is InChI=1S/C25H25FOS.C25H27FS.C17H18O2S.C16H16O2S.C9H9BrO2.C8H10FN.C8H10S.C6H3Cl3O3S.C4H8O.B/c26-24-14-12-21(13-15-24)8-5-11-25(27)23-10-4-9-22(18-23)19-28-17-16-20-6-2-1-3-7-20;26-25-15-13-22(14-16-25)9-4-5-10-23-11-6-12-24(19-23)20-27-18-17-21-7-2-1-3-8-21;1-19-17(18)16-9-5-8-15(12-16)13-20-11-10-14-6-3-2-4-7-14;17-16(18)15-8-4-7-14(11-15)12-19-10-9-13-5-2-1-3-6-13;1-12-9(11)8-4-2-3-7(5-8)6-10;9-8-3-1-7(2-4-8)5-6-10;9-7-6-8-4-2-1-3-5-8;7-3-1-4(8)6(10)5(2-3)13(9,11)12;1-2-4-5-3-1;/h1-4,6-7,9-10,12-15,18H,5,8,11,16-17,19H2;1-3,6-8,11-16,19H,4-5,9-10,17-18,20H2;2-9,12H,10-11,13H2,1H3;1-8,11H,9-10,12H2,(H,17,18);2-5H,6H2,1H3;1-4H,5-6,10H2;1-5,9H,6-7H2;1-2,10H;1-4H2;. The molecule has 1 saturated heterocycles. The zero-order valence-corrected chi connectivity index (χ0v) is 90.1. The maximum absolute atomic E-state index is 12.9. The Hall–Kier alpha value is -10.2. The van der Waals surface area contributed by atoms with E-state index in [9.17, 15) is 45.9 Å². The predicted molar refractivity (Wildman–Crippen MR) is 607 cm³/mol. The number of aromatic hydroxyl groups is 1. The molecule has 15 rings (SSSR count). The van der Waals surface area contributed by atoms with Crippen LogP contribution in [0.1, 0.15) is 158 Å². The van der Waals surface area contributed by atoms with E-state index in [4.69, 9.17) is 54.2 Å². The smallest absolute Gasteiger partial charge is 0.337 e. The van der Waals surface area contributed by atoms with Crippen LogP contribution in [0.15, 0.2) is 363 Å². The van der Waals surface area contributed by atoms with Crippen molar-refractivity contribution in [3.8, 4) is 5.75 Å². The molecule has 4 N–H and O–H groups in total. The Labute approximate surface area is 897 Å². The van der Waals surface area contributed by atoms with Gasteiger partial charge >= 0.3 is 17.9 Å². The first kappa shape index (κ1) is 122. The van der Waals surface area contributed by atoms with Gasteiger partial charge in [-0.1, -0.05) is 306 Å². The van der Waals surface area contributed by atoms with Crippen LogP contribution in [0, 0.1) is 17.5 Å². The van der Waals surface area contributed by atoms with Crippen LogP contribution in [0.4, 0.5) is 13.2 Å². The van der Waals surface area contributed by atoms with Gasteiger partial charge in [0.25, 0.3) is 9.05 Å². The Balaban J connectivity index is 0.000000256. The number of hydrogen-bond acceptors (Lipinski definition) is 16. The number of phenolic OH excluding ortho intramolecular Hbond substituents is 1. The number of thiol groups is 1. The number of carboxylic acid groups (broad SMARTS) is 1. The number of ketones is 1. The van der Waals surface area contributed by atoms with E-state index in [1.165, 1.54) is 114 Å². The van der Waals surface area contributed by atoms with Crippen molar-refractivity contribution in [2.45, 2.75) is 130 Å². The highest BCUT2D eigenvalue weighted by molar-refractivity contribution is 9.08. The number of esters is 2. The molecular weight excluding hydrogens is 2050 g/mol. The molecule has 0 amide bonds. The molecule has 0 atom stereocenters. The molecule has 1 heterocycles. The van der Waals surface area contributed by atoms with E-state index in [-0.39, 0.29) is 53.6 Å². The minimum atomic E-state index is -4.03. The summed E-state index contributed by atoms with van der Waals surface area (Å²) >= 11 is 26.0. The third-order valence-corrected chi connectivity index (χ3v) is 28.2. The number of carboxylic acids is 1. The van der Waals surface area contributed by atoms with E-state index < -0.39 is 25.7 Å². The number of aryl methyl sites for hydroxylation is 8. The van der Waals surface area contributed by atoms with Gasteiger partial charge in [0.05, 0.1) is 35.9 Å². The van der Waals surface area contributed by atoms with E-state index in [2.05, 4.69) is 191 Å². The quantitative estimate of drug-likeness (QED) is 0.00539. The first-order valence-electron chi connectivity index (χ1n) is 47.1. The zero-order chi connectivity index (χ0) is 103. The third kappa shape index (κ3) is 53.2. The monoisotopic (exact) mass is 2180 g/mol. The summed E-state index contributed by atoms with van der Waals surface area (Å²) in [5.74, 6) is 6.63. The van der Waals surface area contributed by atoms with Crippen molar-refractivity contribution in [1.29, 1.82) is 0 Å². The van der Waals surface area contributed by atoms with Gasteiger partial charge in [-0.2, -0.15) is 59.7 Å². The maximum atomic E-state index is 12.9. The van der Waals surface area contributed by atoms with Crippen LogP contribution in [-0.2, 0) is 109 Å². The van der Waals surface area contributed by atoms with Gasteiger partial charge < -0.3 is 30.2 Å². The van der Waals surface area contributed by atoms with Gasteiger partial charge in [0, 0.05) is 77.7 Å². The first-order chi connectivity index (χ1) is 69.4. The summed E-state index contributed by atoms with van der Waals surface area (Å²) in [7, 11) is 3.76. The highest BCUT2D eigenvalue weighted by Crippen LogP contribution is 2.36. The molecule has 144 heavy (non-hydrogen) atoms. The molecule has 0 bridgehead atoms. The van der Waals surface area contributed by atoms with Crippen molar-refractivity contribution in [2.75, 3.05) is 62.7 Å². The molecule has 26 heteroatoms. The second kappa shape index (κ2) is 73.8. The van der Waals surface area contributed by atoms with Crippen LogP contribution in [0.5, 0.6) is 5.75 Å². The van der Waals surface area contributed by atoms with Crippen molar-refractivity contribution < 1.29 is 65.2 Å². The van der Waals surface area contributed by atoms with Crippen LogP contribution >= 0.6 is 109 Å². The Morgan fingerprint density at radius 3 is 1.05 bits per heavy atom. The predicted octanol–water partition coefficient (Wildman–Crippen LogP) is 30.1. The fourth-order valence-corrected chi connectivity index (χ4v) is 19.7. The summed E-state index contributed by atoms with van der Waals surface area (Å²) in [5, 5.41) is 18.8. The number of carbonyl (C=O) groups is 4. The molecule has 12 nitrogen and oxygen atoms in total. The number of hydrogen-bond donors (Lipinski definition) is 4. The van der Waals surface area contributed by atoms with Crippen molar-refractivity contribution in [3.05, 3.63) is 486 Å². The van der Waals surface area contributed by atoms with Crippen molar-refractivity contribution in [3.63, 3.8) is 0 Å². The summed E-state index contributed by atoms with van der Waals surface area (Å²) in [6, 6.07) is 114. The Morgan fingerprint density at radius 2 is 0.694 bits per heavy atom. The molecular formula is C118H126BBrCl3F3NO11S6. The number of rotatable bonds is 39. The molecule has 757 valence electrons. The summed E-state index contributed by atoms with van der Waals surface area (Å²) < 4.78 is 74.1. The average Bonchev–Trinajstić information content (AvgIpc) is 0.947. The van der Waals surface area contributed by atoms with Crippen molar-refractivity contribution in [2.24, 2.45) is 5.73 Å². The number of halogens is 7. The van der Waals surface area contributed by atoms with Gasteiger partial charge in [-0.05, 0) is 294 Å². The summed E-state index contributed by atoms with van der Waals surface area (Å²) in [6.45, 7) is 2.62. The number of alkyl halides is 1. The van der Waals surface area contributed by atoms with E-state index in [0.29, 0.717) is 29.7 Å². The zero-order valence-electron chi connectivity index (χ0n) is 81.2. The van der Waals surface area contributed by atoms with Gasteiger partial charge in [0.1, 0.15) is 22.3 Å². The number of aromatic carboxylic acids is 1. The first-order valence-corrected chi connectivity index (χ1v) is 56.5. The van der Waals surface area contributed by atoms with Gasteiger partial charge in [-0.25, -0.2) is 36.0 Å². The van der Waals surface area contributed by atoms with Crippen LogP contribution in [0.2, 0.25) is 10.0 Å². The SMILES string of the molecule is C1CCOC1.COC(=O)c1cccc(CBr)c1.COC(=O)c1cccc(CSCCc2ccccc2)c1.Fc1ccc(CCCCc2cccc(CSCCc3ccccc3)c2)cc1.NCCc1ccc(F)cc1.O=C(CCCc1ccc(F)cc1)c1cccc(CSCCc2ccccc2)c1.O=C(O)c1cccc(CSCCc2ccccc2)c1.O=S(=O)(Cl)c1cc(Cl)cc(Cl)c1O.SCCc1ccccc1.[B]. The van der Waals surface area contributed by atoms with E-state index in [1.807, 2.05) is 138 Å². The number of benzene rings is 14. The number of thioether (sulfide) groups is 4. The molecule has 14 aromatic rings. The molecule has 0 spiro atoms. The Kier molecular flexibility index (Phi) is 62.8. The lowest BCUT2D eigenvalue weighted by Crippen LogP contribution is -2.02. The Morgan fingerprint density at radius 1 is 0.389 bits per heavy atom. The fraction of sp³-hybridized carbons (Fsp3) is 0.254. The number of carbonyl (C=O) groups excluding carboxylic acids is 3. The van der Waals surface area contributed by atoms with E-state index in [0.717, 1.165) is 180 Å². The number of ether oxygens (including phenoxy) is 3. The maximum Gasteiger partial charge on any atom is 0.337 e. The van der Waals surface area contributed by atoms with Crippen LogP contribution < -0.4 is 5.73 Å². The van der Waals surface area contributed by atoms with Gasteiger partial charge in [0.2, 0.25) is 0 Å². The minimum absolute atomic E-state index is 0. The molecule has 14 aromatic carbocycles. The molecule has 1 fully saturated rings. The number of methoxy groups -OCH3 is 2. The van der Waals surface area contributed by atoms with Crippen LogP contribution in [0.3, 0.4) is 0 Å². The van der Waals surface area contributed by atoms with Crippen molar-refractivity contribution in [1.82, 2.24) is 0 Å². The molecule has 0 aromatic heterocycles. The number of phenols is 1. The second-order valence-electron chi connectivity index (χ2n) is 32.5. The number of unbranched alkanes of at least 4 members (excludes halogenated alkanes) is 1. The molecule has 1 aliphatic rings. The largest absolute Gasteiger partial charge is 0.505 e. The molecule has 3 radical (unpaired) electrons. The lowest BCUT2D eigenvalue weighted by atomic mass is 10.0. The van der Waals surface area contributed by atoms with Gasteiger partial charge in [-0.15, -0.1) is 0 Å². The molecule has 0 saturated carbocycles. The highest BCUT2D eigenvalue weighted by Gasteiger charge is 2.20. The summed E-state index contributed by atoms with van der Waals surface area (Å²) in [5.41, 5.74) is 25.2. The summed E-state index contributed by atoms with van der Waals surface area (Å²) in [6.07, 6.45) is 15.3. The fourth-order valence-electron chi connectivity index (χ4n) is 13.8. The van der Waals surface area contributed by atoms with E-state index in [1.54, 1.807) is 72.8 Å². The number of Topliss-reactive ketones (excluding diaryl/α,β-unsaturated/α-hetero) is 1. The normalized spacial score (nSPS) is 10.9. The number of nitrogens with two attached hydrogens (primary N) is 1. The van der Waals surface area contributed by atoms with Gasteiger partial charge in [-0.3, -0.25) is 4.79 Å². The molecule has 0 aliphatic carbocycles. The lowest BCUT2D eigenvalue weighted by Gasteiger charge is -2.06. The molecule has 0 unspecified atom stereocenters. The minimum Gasteiger partial charge on any atom is -0.505 e. The van der Waals surface area contributed by atoms with Crippen LogP contribution in [-0.4, -0.2) is 113 Å². The Bertz CT molecular complexity index is 6060. The second-order valence-corrected chi connectivity index (χ2v) is 41.4. The molecule has 1 aliphatic heterocycles. The topological polar surface area (TPSA) is 197 Å². The van der Waals surface area contributed by atoms with E-state index >= 15 is 0 Å². The van der Waals surface area contributed by atoms with Crippen molar-refractivity contribution >= 4 is 151 Å². The van der Waals surface area contributed by atoms with Crippen LogP contribution in [0.25, 0.3) is 0 Å². The van der Waals surface area contributed by atoms with Gasteiger partial charge in [0.15, 0.2) is 11.5 Å². The third-order valence-electron chi connectivity index (χ3n) is 21.4. The average molecular weight is 2180 g/mol. The lowest BCUT2D eigenvalue weighted by molar-refractivity contribution is 0.0592. The highest BCUT2D eigenvalue weighted by atomic mass is 79.9. The summed E-state index contributed by atoms with van der Waals surface area (Å²) in [4.78, 5) is 45.4.